The second-order valence-corrected chi connectivity index (χ2v) is 6.56. The molecule has 0 saturated carbocycles. The Bertz CT molecular complexity index is 975. The van der Waals surface area contributed by atoms with Crippen LogP contribution in [0.2, 0.25) is 0 Å². The normalized spacial score (nSPS) is 14.9. The van der Waals surface area contributed by atoms with E-state index in [1.165, 1.54) is 6.07 Å². The number of halogens is 1. The van der Waals surface area contributed by atoms with Crippen LogP contribution in [0.4, 0.5) is 10.1 Å². The molecular weight excluding hydrogens is 333 g/mol. The van der Waals surface area contributed by atoms with Gasteiger partial charge in [0.1, 0.15) is 11.4 Å². The molecule has 1 aliphatic heterocycles. The maximum Gasteiger partial charge on any atom is 0.259 e. The van der Waals surface area contributed by atoms with Crippen molar-refractivity contribution >= 4 is 17.2 Å². The fourth-order valence-electron chi connectivity index (χ4n) is 3.45. The van der Waals surface area contributed by atoms with Gasteiger partial charge in [-0.1, -0.05) is 12.1 Å². The van der Waals surface area contributed by atoms with Crippen LogP contribution >= 0.6 is 0 Å². The molecule has 1 amide bonds. The predicted molar refractivity (Wildman–Crippen MR) is 97.0 cm³/mol. The van der Waals surface area contributed by atoms with E-state index in [2.05, 4.69) is 10.1 Å². The summed E-state index contributed by atoms with van der Waals surface area (Å²) in [6.45, 7) is 6.11. The summed E-state index contributed by atoms with van der Waals surface area (Å²) in [5.41, 5.74) is 3.48. The van der Waals surface area contributed by atoms with Crippen LogP contribution in [0.1, 0.15) is 21.7 Å². The third-order valence-electron chi connectivity index (χ3n) is 4.77. The highest BCUT2D eigenvalue weighted by molar-refractivity contribution is 5.99. The monoisotopic (exact) mass is 353 g/mol. The molecule has 134 valence electrons. The summed E-state index contributed by atoms with van der Waals surface area (Å²) in [4.78, 5) is 21.2. The van der Waals surface area contributed by atoms with E-state index in [1.54, 1.807) is 27.7 Å². The number of hydrogen-bond donors (Lipinski definition) is 0. The minimum Gasteiger partial charge on any atom is -0.366 e. The van der Waals surface area contributed by atoms with Crippen LogP contribution in [0.25, 0.3) is 5.65 Å². The highest BCUT2D eigenvalue weighted by Gasteiger charge is 2.26. The lowest BCUT2D eigenvalue weighted by Crippen LogP contribution is -2.49. The number of carbonyl (C=O) groups is 1. The van der Waals surface area contributed by atoms with Crippen LogP contribution in [0.15, 0.2) is 36.5 Å². The third-order valence-corrected chi connectivity index (χ3v) is 4.77. The average Bonchev–Trinajstić information content (AvgIpc) is 3.06. The number of para-hydroxylation sites is 1. The van der Waals surface area contributed by atoms with Crippen LogP contribution in [0.5, 0.6) is 0 Å². The zero-order valence-corrected chi connectivity index (χ0v) is 14.8. The minimum absolute atomic E-state index is 0.0781. The Morgan fingerprint density at radius 1 is 1.12 bits per heavy atom. The van der Waals surface area contributed by atoms with Gasteiger partial charge >= 0.3 is 0 Å². The molecule has 4 rings (SSSR count). The van der Waals surface area contributed by atoms with Crippen LogP contribution in [0, 0.1) is 19.7 Å². The summed E-state index contributed by atoms with van der Waals surface area (Å²) in [5, 5.41) is 4.30. The van der Waals surface area contributed by atoms with Gasteiger partial charge in [0, 0.05) is 37.6 Å². The molecule has 1 fully saturated rings. The van der Waals surface area contributed by atoms with Gasteiger partial charge in [0.2, 0.25) is 0 Å². The van der Waals surface area contributed by atoms with Gasteiger partial charge in [0.05, 0.1) is 11.9 Å². The molecule has 3 aromatic rings. The number of fused-ring (bicyclic) bond motifs is 1. The Labute approximate surface area is 150 Å². The lowest BCUT2D eigenvalue weighted by atomic mass is 10.2. The Morgan fingerprint density at radius 2 is 1.85 bits per heavy atom. The van der Waals surface area contributed by atoms with E-state index < -0.39 is 0 Å². The van der Waals surface area contributed by atoms with E-state index in [-0.39, 0.29) is 11.7 Å². The van der Waals surface area contributed by atoms with Crippen LogP contribution in [0.3, 0.4) is 0 Å². The molecule has 0 bridgehead atoms. The number of aryl methyl sites for hydroxylation is 2. The second kappa shape index (κ2) is 6.40. The molecule has 0 unspecified atom stereocenters. The molecule has 0 spiro atoms. The van der Waals surface area contributed by atoms with Crippen molar-refractivity contribution in [2.45, 2.75) is 13.8 Å². The molecule has 0 atom stereocenters. The standard InChI is InChI=1S/C19H20FN5O/c1-13-11-14(2)25-18(22-13)15(12-21-25)19(26)24-9-7-23(8-10-24)17-6-4-3-5-16(17)20/h3-6,11-12H,7-10H2,1-2H3. The van der Waals surface area contributed by atoms with Crippen molar-refractivity contribution in [2.24, 2.45) is 0 Å². The van der Waals surface area contributed by atoms with Gasteiger partial charge in [-0.15, -0.1) is 0 Å². The van der Waals surface area contributed by atoms with Gasteiger partial charge in [-0.25, -0.2) is 13.9 Å². The van der Waals surface area contributed by atoms with E-state index in [0.717, 1.165) is 11.4 Å². The van der Waals surface area contributed by atoms with Crippen molar-refractivity contribution in [1.82, 2.24) is 19.5 Å². The second-order valence-electron chi connectivity index (χ2n) is 6.56. The Hall–Kier alpha value is -2.96. The van der Waals surface area contributed by atoms with E-state index in [0.29, 0.717) is 43.1 Å². The summed E-state index contributed by atoms with van der Waals surface area (Å²) >= 11 is 0. The number of carbonyl (C=O) groups excluding carboxylic acids is 1. The maximum absolute atomic E-state index is 14.0. The number of hydrogen-bond acceptors (Lipinski definition) is 4. The first kappa shape index (κ1) is 16.5. The van der Waals surface area contributed by atoms with Crippen LogP contribution < -0.4 is 4.90 Å². The van der Waals surface area contributed by atoms with E-state index in [1.807, 2.05) is 30.9 Å². The topological polar surface area (TPSA) is 53.7 Å². The SMILES string of the molecule is Cc1cc(C)n2ncc(C(=O)N3CCN(c4ccccc4F)CC3)c2n1. The number of rotatable bonds is 2. The van der Waals surface area contributed by atoms with E-state index in [9.17, 15) is 9.18 Å². The zero-order valence-electron chi connectivity index (χ0n) is 14.8. The molecule has 1 aliphatic rings. The summed E-state index contributed by atoms with van der Waals surface area (Å²) < 4.78 is 15.7. The fourth-order valence-corrected chi connectivity index (χ4v) is 3.45. The first-order valence-electron chi connectivity index (χ1n) is 8.65. The lowest BCUT2D eigenvalue weighted by Gasteiger charge is -2.36. The summed E-state index contributed by atoms with van der Waals surface area (Å²) in [6, 6.07) is 8.67. The van der Waals surface area contributed by atoms with Gasteiger partial charge in [0.25, 0.3) is 5.91 Å². The quantitative estimate of drug-likeness (QED) is 0.710. The fraction of sp³-hybridized carbons (Fsp3) is 0.316. The van der Waals surface area contributed by atoms with Crippen LogP contribution in [-0.4, -0.2) is 51.6 Å². The average molecular weight is 353 g/mol. The van der Waals surface area contributed by atoms with E-state index in [4.69, 9.17) is 0 Å². The third kappa shape index (κ3) is 2.79. The van der Waals surface area contributed by atoms with Crippen LogP contribution in [-0.2, 0) is 0 Å². The number of anilines is 1. The molecule has 6 nitrogen and oxygen atoms in total. The molecule has 1 saturated heterocycles. The van der Waals surface area contributed by atoms with Gasteiger partial charge in [-0.05, 0) is 32.0 Å². The van der Waals surface area contributed by atoms with Crippen molar-refractivity contribution < 1.29 is 9.18 Å². The highest BCUT2D eigenvalue weighted by Crippen LogP contribution is 2.21. The van der Waals surface area contributed by atoms with Crippen molar-refractivity contribution in [3.63, 3.8) is 0 Å². The number of nitrogens with zero attached hydrogens (tertiary/aromatic N) is 5. The number of piperazine rings is 1. The molecule has 2 aromatic heterocycles. The summed E-state index contributed by atoms with van der Waals surface area (Å²) in [5.74, 6) is -0.310. The molecule has 0 aliphatic carbocycles. The molecule has 0 radical (unpaired) electrons. The molecular formula is C19H20FN5O. The summed E-state index contributed by atoms with van der Waals surface area (Å²) in [6.07, 6.45) is 1.58. The van der Waals surface area contributed by atoms with Gasteiger partial charge in [-0.3, -0.25) is 4.79 Å². The Kier molecular flexibility index (Phi) is 4.06. The molecule has 26 heavy (non-hydrogen) atoms. The van der Waals surface area contributed by atoms with Crippen molar-refractivity contribution in [2.75, 3.05) is 31.1 Å². The zero-order chi connectivity index (χ0) is 18.3. The van der Waals surface area contributed by atoms with E-state index >= 15 is 0 Å². The number of benzene rings is 1. The van der Waals surface area contributed by atoms with Gasteiger partial charge in [-0.2, -0.15) is 5.10 Å². The van der Waals surface area contributed by atoms with Crippen molar-refractivity contribution in [3.05, 3.63) is 59.3 Å². The predicted octanol–water partition coefficient (Wildman–Crippen LogP) is 2.45. The van der Waals surface area contributed by atoms with Crippen molar-refractivity contribution in [3.8, 4) is 0 Å². The smallest absolute Gasteiger partial charge is 0.259 e. The number of amides is 1. The maximum atomic E-state index is 14.0. The Morgan fingerprint density at radius 3 is 2.58 bits per heavy atom. The lowest BCUT2D eigenvalue weighted by molar-refractivity contribution is 0.0748. The highest BCUT2D eigenvalue weighted by atomic mass is 19.1. The Balaban J connectivity index is 1.53. The molecule has 3 heterocycles. The van der Waals surface area contributed by atoms with Gasteiger partial charge < -0.3 is 9.80 Å². The minimum atomic E-state index is -0.231. The van der Waals surface area contributed by atoms with Gasteiger partial charge in [0.15, 0.2) is 5.65 Å². The molecule has 1 aromatic carbocycles. The number of aromatic nitrogens is 3. The molecule has 0 N–H and O–H groups in total. The molecule has 7 heteroatoms. The largest absolute Gasteiger partial charge is 0.366 e. The summed E-state index contributed by atoms with van der Waals surface area (Å²) in [7, 11) is 0. The first-order valence-corrected chi connectivity index (χ1v) is 8.65. The van der Waals surface area contributed by atoms with Crippen molar-refractivity contribution in [1.29, 1.82) is 0 Å². The first-order chi connectivity index (χ1) is 12.5.